The van der Waals surface area contributed by atoms with Crippen molar-refractivity contribution in [3.63, 3.8) is 0 Å². The summed E-state index contributed by atoms with van der Waals surface area (Å²) in [6, 6.07) is 7.96. The highest BCUT2D eigenvalue weighted by Gasteiger charge is 2.27. The minimum atomic E-state index is -0.638. The number of hydrogen-bond acceptors (Lipinski definition) is 5. The molecule has 1 saturated carbocycles. The summed E-state index contributed by atoms with van der Waals surface area (Å²) >= 11 is 8.49. The third-order valence-electron chi connectivity index (χ3n) is 3.50. The first kappa shape index (κ1) is 18.8. The molecule has 0 atom stereocenters. The van der Waals surface area contributed by atoms with Crippen LogP contribution < -0.4 is 11.1 Å². The molecular weight excluding hydrogens is 441 g/mol. The summed E-state index contributed by atoms with van der Waals surface area (Å²) < 4.78 is 5.87. The van der Waals surface area contributed by atoms with E-state index in [-0.39, 0.29) is 16.6 Å². The average Bonchev–Trinajstić information content (AvgIpc) is 3.41. The third kappa shape index (κ3) is 5.24. The van der Waals surface area contributed by atoms with Gasteiger partial charge in [-0.05, 0) is 53.1 Å². The smallest absolute Gasteiger partial charge is 0.358 e. The Balaban J connectivity index is 2.15. The van der Waals surface area contributed by atoms with Gasteiger partial charge in [0.2, 0.25) is 0 Å². The molecule has 0 radical (unpaired) electrons. The van der Waals surface area contributed by atoms with Gasteiger partial charge in [-0.1, -0.05) is 30.3 Å². The van der Waals surface area contributed by atoms with Crippen LogP contribution in [0.4, 0.5) is 0 Å². The van der Waals surface area contributed by atoms with Crippen molar-refractivity contribution in [2.24, 2.45) is 16.6 Å². The van der Waals surface area contributed by atoms with Gasteiger partial charge < -0.3 is 15.8 Å². The van der Waals surface area contributed by atoms with Crippen LogP contribution >= 0.6 is 34.2 Å². The molecular formula is C17H19ClIN3O2. The number of methoxy groups -OCH3 is 1. The molecule has 0 unspecified atom stereocenters. The van der Waals surface area contributed by atoms with Crippen LogP contribution in [0, 0.1) is 9.49 Å². The molecule has 1 aromatic carbocycles. The number of rotatable bonds is 7. The van der Waals surface area contributed by atoms with Crippen LogP contribution in [0.15, 0.2) is 52.4 Å². The number of nitrogens with one attached hydrogen (secondary N) is 1. The molecule has 1 aromatic rings. The molecule has 0 saturated heterocycles. The van der Waals surface area contributed by atoms with Crippen molar-refractivity contribution in [3.05, 3.63) is 56.5 Å². The van der Waals surface area contributed by atoms with E-state index < -0.39 is 5.97 Å². The van der Waals surface area contributed by atoms with Crippen molar-refractivity contribution in [2.75, 3.05) is 7.11 Å². The highest BCUT2D eigenvalue weighted by atomic mass is 127. The van der Waals surface area contributed by atoms with Crippen LogP contribution in [-0.2, 0) is 16.1 Å². The molecule has 5 nitrogen and oxygen atoms in total. The van der Waals surface area contributed by atoms with E-state index in [1.807, 2.05) is 24.3 Å². The minimum Gasteiger partial charge on any atom is -0.464 e. The van der Waals surface area contributed by atoms with Crippen LogP contribution in [0.25, 0.3) is 0 Å². The molecule has 0 spiro atoms. The van der Waals surface area contributed by atoms with Gasteiger partial charge >= 0.3 is 5.97 Å². The van der Waals surface area contributed by atoms with Crippen molar-refractivity contribution < 1.29 is 9.53 Å². The Kier molecular flexibility index (Phi) is 6.68. The van der Waals surface area contributed by atoms with Crippen LogP contribution in [0.2, 0.25) is 0 Å². The van der Waals surface area contributed by atoms with Crippen molar-refractivity contribution in [3.8, 4) is 0 Å². The number of aliphatic imine (C=N–C) groups is 1. The lowest BCUT2D eigenvalue weighted by molar-refractivity contribution is -0.132. The summed E-state index contributed by atoms with van der Waals surface area (Å²) in [4.78, 5) is 16.2. The lowest BCUT2D eigenvalue weighted by Gasteiger charge is -2.11. The van der Waals surface area contributed by atoms with E-state index in [1.165, 1.54) is 7.11 Å². The number of carbonyl (C=O) groups excluding carboxylic acids is 1. The summed E-state index contributed by atoms with van der Waals surface area (Å²) in [7, 11) is 1.28. The predicted molar refractivity (Wildman–Crippen MR) is 104 cm³/mol. The maximum absolute atomic E-state index is 12.0. The molecule has 0 aliphatic heterocycles. The topological polar surface area (TPSA) is 76.7 Å². The Morgan fingerprint density at radius 3 is 2.83 bits per heavy atom. The van der Waals surface area contributed by atoms with E-state index in [2.05, 4.69) is 39.5 Å². The number of ether oxygens (including phenoxy) is 1. The molecule has 1 aliphatic carbocycles. The second-order valence-electron chi connectivity index (χ2n) is 5.43. The molecule has 0 bridgehead atoms. The quantitative estimate of drug-likeness (QED) is 0.373. The van der Waals surface area contributed by atoms with E-state index in [9.17, 15) is 4.79 Å². The van der Waals surface area contributed by atoms with Crippen molar-refractivity contribution in [2.45, 2.75) is 19.4 Å². The fraction of sp³-hybridized carbons (Fsp3) is 0.294. The third-order valence-corrected chi connectivity index (χ3v) is 4.55. The highest BCUT2D eigenvalue weighted by Crippen LogP contribution is 2.36. The van der Waals surface area contributed by atoms with Gasteiger partial charge in [-0.2, -0.15) is 0 Å². The summed E-state index contributed by atoms with van der Waals surface area (Å²) in [5, 5.41) is 3.04. The molecule has 24 heavy (non-hydrogen) atoms. The maximum atomic E-state index is 12.0. The number of halogens is 2. The molecule has 3 N–H and O–H groups in total. The van der Waals surface area contributed by atoms with Gasteiger partial charge in [-0.25, -0.2) is 9.79 Å². The Hall–Kier alpha value is -1.54. The Morgan fingerprint density at radius 2 is 2.25 bits per heavy atom. The summed E-state index contributed by atoms with van der Waals surface area (Å²) in [5.41, 5.74) is 7.63. The van der Waals surface area contributed by atoms with E-state index in [1.54, 1.807) is 0 Å². The van der Waals surface area contributed by atoms with Crippen LogP contribution in [0.1, 0.15) is 18.4 Å². The number of esters is 1. The summed E-state index contributed by atoms with van der Waals surface area (Å²) in [6.07, 6.45) is 2.05. The first-order valence-corrected chi connectivity index (χ1v) is 8.87. The van der Waals surface area contributed by atoms with Crippen LogP contribution in [0.3, 0.4) is 0 Å². The number of nitrogens with zero attached hydrogens (tertiary/aromatic N) is 1. The predicted octanol–water partition coefficient (Wildman–Crippen LogP) is 3.29. The Labute approximate surface area is 160 Å². The number of carbonyl (C=O) groups is 1. The second-order valence-corrected chi connectivity index (χ2v) is 7.05. The van der Waals surface area contributed by atoms with Crippen molar-refractivity contribution in [1.29, 1.82) is 0 Å². The van der Waals surface area contributed by atoms with Gasteiger partial charge in [0.05, 0.1) is 7.11 Å². The SMILES string of the molecule is C=C(/N=C(C(=O)OC)\C(Cl)=C(/N)NCc1cccc(I)c1)C1CC1. The fourth-order valence-electron chi connectivity index (χ4n) is 1.98. The van der Waals surface area contributed by atoms with Gasteiger partial charge in [-0.3, -0.25) is 0 Å². The van der Waals surface area contributed by atoms with Gasteiger partial charge in [0.25, 0.3) is 0 Å². The Morgan fingerprint density at radius 1 is 1.54 bits per heavy atom. The van der Waals surface area contributed by atoms with Crippen molar-refractivity contribution in [1.82, 2.24) is 5.32 Å². The van der Waals surface area contributed by atoms with E-state index in [0.29, 0.717) is 18.2 Å². The molecule has 7 heteroatoms. The molecule has 1 fully saturated rings. The van der Waals surface area contributed by atoms with Gasteiger partial charge in [0.1, 0.15) is 10.9 Å². The van der Waals surface area contributed by atoms with Gasteiger partial charge in [-0.15, -0.1) is 0 Å². The molecule has 1 aliphatic rings. The average molecular weight is 460 g/mol. The Bertz CT molecular complexity index is 712. The van der Waals surface area contributed by atoms with E-state index in [4.69, 9.17) is 22.1 Å². The zero-order chi connectivity index (χ0) is 17.7. The molecule has 0 amide bonds. The number of hydrogen-bond donors (Lipinski definition) is 2. The lowest BCUT2D eigenvalue weighted by atomic mass is 10.2. The highest BCUT2D eigenvalue weighted by molar-refractivity contribution is 14.1. The van der Waals surface area contributed by atoms with Crippen molar-refractivity contribution >= 4 is 45.9 Å². The van der Waals surface area contributed by atoms with Gasteiger partial charge in [0, 0.05) is 21.7 Å². The zero-order valence-corrected chi connectivity index (χ0v) is 16.2. The largest absolute Gasteiger partial charge is 0.464 e. The standard InChI is InChI=1S/C17H19ClIN3O2/c1-10(12-6-7-12)22-15(17(23)24-2)14(18)16(20)21-9-11-4-3-5-13(19)8-11/h3-5,8,12,21H,1,6-7,9,20H2,2H3/b16-14-,22-15+. The van der Waals surface area contributed by atoms with E-state index in [0.717, 1.165) is 22.0 Å². The lowest BCUT2D eigenvalue weighted by Crippen LogP contribution is -2.26. The first-order chi connectivity index (χ1) is 11.4. The number of allylic oxidation sites excluding steroid dienone is 1. The molecule has 0 heterocycles. The second kappa shape index (κ2) is 8.53. The molecule has 128 valence electrons. The molecule has 2 rings (SSSR count). The zero-order valence-electron chi connectivity index (χ0n) is 13.3. The molecule has 0 aromatic heterocycles. The monoisotopic (exact) mass is 459 g/mol. The van der Waals surface area contributed by atoms with Gasteiger partial charge in [0.15, 0.2) is 5.71 Å². The van der Waals surface area contributed by atoms with E-state index >= 15 is 0 Å². The van der Waals surface area contributed by atoms with Crippen LogP contribution in [0.5, 0.6) is 0 Å². The first-order valence-electron chi connectivity index (χ1n) is 7.42. The van der Waals surface area contributed by atoms with Crippen LogP contribution in [-0.4, -0.2) is 18.8 Å². The number of nitrogens with two attached hydrogens (primary N) is 1. The summed E-state index contributed by atoms with van der Waals surface area (Å²) in [5.74, 6) is -0.154. The normalized spacial score (nSPS) is 15.5. The fourth-order valence-corrected chi connectivity index (χ4v) is 2.78. The summed E-state index contributed by atoms with van der Waals surface area (Å²) in [6.45, 7) is 4.36. The number of benzene rings is 1. The maximum Gasteiger partial charge on any atom is 0.358 e. The minimum absolute atomic E-state index is 0.0243.